The quantitative estimate of drug-likeness (QED) is 0.749. The van der Waals surface area contributed by atoms with Gasteiger partial charge in [0.2, 0.25) is 0 Å². The first-order valence-electron chi connectivity index (χ1n) is 8.34. The molecule has 1 aliphatic heterocycles. The fourth-order valence-electron chi connectivity index (χ4n) is 3.84. The average molecular weight is 363 g/mol. The van der Waals surface area contributed by atoms with E-state index >= 15 is 0 Å². The second kappa shape index (κ2) is 6.14. The zero-order chi connectivity index (χ0) is 16.7. The molecule has 1 aliphatic carbocycles. The molecule has 2 aromatic rings. The number of rotatable bonds is 2. The molecule has 2 aromatic heterocycles. The molecular formula is C17H19ClN4OS. The molecule has 7 heteroatoms. The molecular weight excluding hydrogens is 344 g/mol. The summed E-state index contributed by atoms with van der Waals surface area (Å²) in [6, 6.07) is 2.37. The number of fused-ring (bicyclic) bond motifs is 1. The van der Waals surface area contributed by atoms with Crippen LogP contribution in [0.15, 0.2) is 6.07 Å². The second-order valence-corrected chi connectivity index (χ2v) is 7.78. The molecule has 0 N–H and O–H groups in total. The summed E-state index contributed by atoms with van der Waals surface area (Å²) in [5.41, 5.74) is 1.36. The van der Waals surface area contributed by atoms with Gasteiger partial charge in [-0.25, -0.2) is 11.6 Å². The van der Waals surface area contributed by atoms with Crippen LogP contribution in [0.1, 0.15) is 38.2 Å². The fraction of sp³-hybridized carbons (Fsp3) is 0.588. The highest BCUT2D eigenvalue weighted by Gasteiger charge is 2.44. The molecule has 2 aliphatic rings. The maximum Gasteiger partial charge on any atom is 0.259 e. The molecule has 1 atom stereocenters. The number of hydrogen-bond donors (Lipinski definition) is 0. The lowest BCUT2D eigenvalue weighted by Gasteiger charge is -2.34. The topological polar surface area (TPSA) is 42.6 Å². The van der Waals surface area contributed by atoms with Gasteiger partial charge in [-0.2, -0.15) is 4.37 Å². The van der Waals surface area contributed by atoms with Gasteiger partial charge in [0, 0.05) is 19.4 Å². The number of nitrogens with zero attached hydrogens (tertiary/aromatic N) is 4. The van der Waals surface area contributed by atoms with Gasteiger partial charge in [0.05, 0.1) is 29.5 Å². The fourth-order valence-corrected chi connectivity index (χ4v) is 4.97. The number of morpholine rings is 1. The number of hydrogen-bond acceptors (Lipinski definition) is 5. The van der Waals surface area contributed by atoms with E-state index in [0.717, 1.165) is 53.8 Å². The van der Waals surface area contributed by atoms with Gasteiger partial charge in [-0.3, -0.25) is 0 Å². The van der Waals surface area contributed by atoms with Crippen molar-refractivity contribution in [2.24, 2.45) is 0 Å². The zero-order valence-corrected chi connectivity index (χ0v) is 15.2. The van der Waals surface area contributed by atoms with Crippen molar-refractivity contribution in [3.8, 4) is 0 Å². The Morgan fingerprint density at radius 2 is 2.25 bits per heavy atom. The molecule has 0 amide bonds. The second-order valence-electron chi connectivity index (χ2n) is 6.65. The number of ether oxygens (including phenoxy) is 1. The molecule has 0 unspecified atom stereocenters. The van der Waals surface area contributed by atoms with Crippen molar-refractivity contribution in [3.63, 3.8) is 0 Å². The normalized spacial score (nSPS) is 23.5. The van der Waals surface area contributed by atoms with Gasteiger partial charge < -0.3 is 14.5 Å². The van der Waals surface area contributed by atoms with Crippen LogP contribution in [0.25, 0.3) is 15.1 Å². The van der Waals surface area contributed by atoms with Crippen LogP contribution >= 0.6 is 23.1 Å². The number of aromatic nitrogens is 2. The third kappa shape index (κ3) is 2.46. The van der Waals surface area contributed by atoms with Gasteiger partial charge in [0.1, 0.15) is 11.3 Å². The first-order chi connectivity index (χ1) is 11.6. The van der Waals surface area contributed by atoms with E-state index in [1.54, 1.807) is 0 Å². The molecule has 3 heterocycles. The summed E-state index contributed by atoms with van der Waals surface area (Å²) in [5.74, 6) is 0.894. The Morgan fingerprint density at radius 3 is 2.96 bits per heavy atom. The van der Waals surface area contributed by atoms with Crippen LogP contribution in [-0.2, 0) is 10.3 Å². The summed E-state index contributed by atoms with van der Waals surface area (Å²) in [6.45, 7) is 12.2. The molecule has 0 radical (unpaired) electrons. The summed E-state index contributed by atoms with van der Waals surface area (Å²) < 4.78 is 10.8. The van der Waals surface area contributed by atoms with Crippen LogP contribution < -0.4 is 4.90 Å². The first-order valence-corrected chi connectivity index (χ1v) is 9.49. The van der Waals surface area contributed by atoms with Crippen LogP contribution in [-0.4, -0.2) is 35.2 Å². The zero-order valence-electron chi connectivity index (χ0n) is 13.6. The molecule has 5 nitrogen and oxygen atoms in total. The Kier molecular flexibility index (Phi) is 4.11. The van der Waals surface area contributed by atoms with Crippen molar-refractivity contribution in [1.29, 1.82) is 0 Å². The molecule has 24 heavy (non-hydrogen) atoms. The van der Waals surface area contributed by atoms with E-state index in [9.17, 15) is 0 Å². The number of pyridine rings is 1. The number of anilines is 1. The lowest BCUT2D eigenvalue weighted by Crippen LogP contribution is -2.44. The van der Waals surface area contributed by atoms with Gasteiger partial charge in [-0.15, -0.1) is 0 Å². The molecule has 1 saturated heterocycles. The molecule has 2 fully saturated rings. The maximum atomic E-state index is 7.84. The Labute approximate surface area is 150 Å². The minimum Gasteiger partial charge on any atom is -0.377 e. The van der Waals surface area contributed by atoms with E-state index < -0.39 is 5.54 Å². The SMILES string of the molecule is [C-]#[N+]C1(c2cc(N3CCOC[C@H]3C)nc3c(Cl)nsc23)CCCC1. The van der Waals surface area contributed by atoms with Gasteiger partial charge in [-0.1, -0.05) is 11.6 Å². The Balaban J connectivity index is 1.91. The third-order valence-electron chi connectivity index (χ3n) is 5.18. The lowest BCUT2D eigenvalue weighted by molar-refractivity contribution is 0.0985. The van der Waals surface area contributed by atoms with E-state index in [4.69, 9.17) is 27.9 Å². The van der Waals surface area contributed by atoms with Crippen LogP contribution in [0, 0.1) is 6.57 Å². The smallest absolute Gasteiger partial charge is 0.259 e. The summed E-state index contributed by atoms with van der Waals surface area (Å²) in [5, 5.41) is 0.442. The molecule has 0 aromatic carbocycles. The Morgan fingerprint density at radius 1 is 1.46 bits per heavy atom. The van der Waals surface area contributed by atoms with Crippen molar-refractivity contribution in [2.45, 2.75) is 44.2 Å². The third-order valence-corrected chi connectivity index (χ3v) is 6.41. The van der Waals surface area contributed by atoms with Crippen LogP contribution in [0.4, 0.5) is 5.82 Å². The molecule has 0 bridgehead atoms. The molecule has 4 rings (SSSR count). The van der Waals surface area contributed by atoms with Gasteiger partial charge in [-0.05, 0) is 37.4 Å². The van der Waals surface area contributed by atoms with Crippen LogP contribution in [0.3, 0.4) is 0 Å². The predicted octanol–water partition coefficient (Wildman–Crippen LogP) is 4.26. The Hall–Kier alpha value is -1.42. The van der Waals surface area contributed by atoms with Crippen LogP contribution in [0.2, 0.25) is 5.15 Å². The highest BCUT2D eigenvalue weighted by Crippen LogP contribution is 2.47. The van der Waals surface area contributed by atoms with Gasteiger partial charge >= 0.3 is 0 Å². The summed E-state index contributed by atoms with van der Waals surface area (Å²) in [7, 11) is 0. The van der Waals surface area contributed by atoms with Crippen molar-refractivity contribution in [3.05, 3.63) is 28.2 Å². The van der Waals surface area contributed by atoms with Gasteiger partial charge in [0.25, 0.3) is 5.54 Å². The van der Waals surface area contributed by atoms with E-state index in [1.807, 2.05) is 0 Å². The largest absolute Gasteiger partial charge is 0.377 e. The van der Waals surface area contributed by atoms with E-state index in [-0.39, 0.29) is 6.04 Å². The predicted molar refractivity (Wildman–Crippen MR) is 96.8 cm³/mol. The molecule has 0 spiro atoms. The minimum atomic E-state index is -0.443. The summed E-state index contributed by atoms with van der Waals surface area (Å²) >= 11 is 7.67. The first kappa shape index (κ1) is 16.1. The van der Waals surface area contributed by atoms with E-state index in [0.29, 0.717) is 18.4 Å². The summed E-state index contributed by atoms with van der Waals surface area (Å²) in [6.07, 6.45) is 4.01. The standard InChI is InChI=1S/C17H19ClN4OS/c1-11-10-23-8-7-22(11)13-9-12(17(19-2)5-3-4-6-17)15-14(20-13)16(18)21-24-15/h9,11H,3-8,10H2,1H3/t11-/m1/s1. The highest BCUT2D eigenvalue weighted by molar-refractivity contribution is 7.14. The van der Waals surface area contributed by atoms with Crippen molar-refractivity contribution in [1.82, 2.24) is 9.36 Å². The average Bonchev–Trinajstić information content (AvgIpc) is 3.23. The van der Waals surface area contributed by atoms with Gasteiger partial charge in [0.15, 0.2) is 5.15 Å². The molecule has 1 saturated carbocycles. The highest BCUT2D eigenvalue weighted by atomic mass is 35.5. The Bertz CT molecular complexity index is 809. The van der Waals surface area contributed by atoms with Crippen molar-refractivity contribution in [2.75, 3.05) is 24.7 Å². The maximum absolute atomic E-state index is 7.84. The molecule has 126 valence electrons. The lowest BCUT2D eigenvalue weighted by atomic mass is 9.89. The van der Waals surface area contributed by atoms with Crippen LogP contribution in [0.5, 0.6) is 0 Å². The summed E-state index contributed by atoms with van der Waals surface area (Å²) in [4.78, 5) is 11.1. The van der Waals surface area contributed by atoms with Crippen molar-refractivity contribution < 1.29 is 4.74 Å². The van der Waals surface area contributed by atoms with E-state index in [2.05, 4.69) is 27.1 Å². The number of halogens is 1. The monoisotopic (exact) mass is 362 g/mol. The minimum absolute atomic E-state index is 0.259. The van der Waals surface area contributed by atoms with E-state index in [1.165, 1.54) is 11.5 Å². The van der Waals surface area contributed by atoms with Crippen molar-refractivity contribution >= 4 is 39.2 Å².